The molecule has 0 saturated carbocycles. The Bertz CT molecular complexity index is 712. The van der Waals surface area contributed by atoms with Gasteiger partial charge in [-0.05, 0) is 41.3 Å². The number of fused-ring (bicyclic) bond motifs is 1. The Labute approximate surface area is 130 Å². The molecule has 2 aromatic carbocycles. The fraction of sp³-hybridized carbons (Fsp3) is 0.211. The summed E-state index contributed by atoms with van der Waals surface area (Å²) in [4.78, 5) is 12.2. The number of benzene rings is 2. The maximum absolute atomic E-state index is 12.2. The lowest BCUT2D eigenvalue weighted by Gasteiger charge is -2.04. The molecule has 0 unspecified atom stereocenters. The Morgan fingerprint density at radius 3 is 2.50 bits per heavy atom. The van der Waals surface area contributed by atoms with Gasteiger partial charge in [0, 0.05) is 5.56 Å². The highest BCUT2D eigenvalue weighted by Crippen LogP contribution is 2.32. The number of carbonyl (C=O) groups excluding carboxylic acids is 1. The summed E-state index contributed by atoms with van der Waals surface area (Å²) in [6.07, 6.45) is 3.42. The zero-order chi connectivity index (χ0) is 15.5. The number of hydrogen-bond acceptors (Lipinski definition) is 3. The van der Waals surface area contributed by atoms with E-state index in [2.05, 4.69) is 26.0 Å². The predicted octanol–water partition coefficient (Wildman–Crippen LogP) is 4.43. The van der Waals surface area contributed by atoms with Crippen LogP contribution >= 0.6 is 0 Å². The maximum atomic E-state index is 12.2. The molecule has 0 aliphatic carbocycles. The second kappa shape index (κ2) is 6.06. The lowest BCUT2D eigenvalue weighted by atomic mass is 10.0. The van der Waals surface area contributed by atoms with E-state index in [0.717, 1.165) is 5.56 Å². The summed E-state index contributed by atoms with van der Waals surface area (Å²) in [7, 11) is 0. The highest BCUT2D eigenvalue weighted by molar-refractivity contribution is 6.07. The first kappa shape index (κ1) is 14.4. The number of carbonyl (C=O) groups is 1. The van der Waals surface area contributed by atoms with E-state index in [4.69, 9.17) is 9.47 Å². The predicted molar refractivity (Wildman–Crippen MR) is 86.5 cm³/mol. The van der Waals surface area contributed by atoms with E-state index in [1.807, 2.05) is 18.2 Å². The number of rotatable bonds is 4. The second-order valence-corrected chi connectivity index (χ2v) is 5.59. The first-order valence-corrected chi connectivity index (χ1v) is 7.35. The molecular weight excluding hydrogens is 276 g/mol. The van der Waals surface area contributed by atoms with Gasteiger partial charge < -0.3 is 9.47 Å². The normalized spacial score (nSPS) is 13.0. The summed E-state index contributed by atoms with van der Waals surface area (Å²) in [6, 6.07) is 13.5. The van der Waals surface area contributed by atoms with Crippen LogP contribution in [-0.2, 0) is 0 Å². The van der Waals surface area contributed by atoms with E-state index in [-0.39, 0.29) is 12.6 Å². The van der Waals surface area contributed by atoms with E-state index < -0.39 is 0 Å². The zero-order valence-corrected chi connectivity index (χ0v) is 12.7. The number of ether oxygens (including phenoxy) is 2. The summed E-state index contributed by atoms with van der Waals surface area (Å²) < 4.78 is 10.5. The van der Waals surface area contributed by atoms with Crippen molar-refractivity contribution in [1.82, 2.24) is 0 Å². The molecule has 3 nitrogen and oxygen atoms in total. The molecule has 1 aliphatic rings. The average molecular weight is 294 g/mol. The molecule has 0 aromatic heterocycles. The molecule has 22 heavy (non-hydrogen) atoms. The molecule has 3 heteroatoms. The molecule has 0 radical (unpaired) electrons. The quantitative estimate of drug-likeness (QED) is 0.618. The molecule has 1 aliphatic heterocycles. The van der Waals surface area contributed by atoms with Crippen LogP contribution in [0.25, 0.3) is 6.08 Å². The molecule has 112 valence electrons. The van der Waals surface area contributed by atoms with Crippen molar-refractivity contribution >= 4 is 11.9 Å². The Balaban J connectivity index is 1.73. The van der Waals surface area contributed by atoms with E-state index in [1.54, 1.807) is 24.3 Å². The Hall–Kier alpha value is -2.55. The highest BCUT2D eigenvalue weighted by atomic mass is 16.7. The van der Waals surface area contributed by atoms with Crippen molar-refractivity contribution in [2.75, 3.05) is 6.79 Å². The Kier molecular flexibility index (Phi) is 3.96. The van der Waals surface area contributed by atoms with Crippen molar-refractivity contribution < 1.29 is 14.3 Å². The molecule has 1 heterocycles. The molecule has 0 spiro atoms. The molecule has 0 bridgehead atoms. The van der Waals surface area contributed by atoms with Gasteiger partial charge in [0.1, 0.15) is 0 Å². The van der Waals surface area contributed by atoms with E-state index in [9.17, 15) is 4.79 Å². The zero-order valence-electron chi connectivity index (χ0n) is 12.7. The lowest BCUT2D eigenvalue weighted by Crippen LogP contribution is -1.94. The van der Waals surface area contributed by atoms with Crippen LogP contribution in [0.2, 0.25) is 0 Å². The monoisotopic (exact) mass is 294 g/mol. The van der Waals surface area contributed by atoms with Gasteiger partial charge in [-0.25, -0.2) is 0 Å². The van der Waals surface area contributed by atoms with Gasteiger partial charge in [-0.1, -0.05) is 44.2 Å². The van der Waals surface area contributed by atoms with Crippen LogP contribution in [0.3, 0.4) is 0 Å². The van der Waals surface area contributed by atoms with Crippen LogP contribution in [0.5, 0.6) is 11.5 Å². The molecule has 0 atom stereocenters. The van der Waals surface area contributed by atoms with Crippen LogP contribution in [-0.4, -0.2) is 12.6 Å². The summed E-state index contributed by atoms with van der Waals surface area (Å²) >= 11 is 0. The smallest absolute Gasteiger partial charge is 0.231 e. The minimum atomic E-state index is -0.0498. The standard InChI is InChI=1S/C19H18O3/c1-13(2)15-6-3-14(4-7-15)5-9-17(20)16-8-10-18-19(11-16)22-12-21-18/h3-11,13H,12H2,1-2H3/b9-5+. The topological polar surface area (TPSA) is 35.5 Å². The molecule has 0 saturated heterocycles. The van der Waals surface area contributed by atoms with Crippen LogP contribution in [0, 0.1) is 0 Å². The Morgan fingerprint density at radius 1 is 1.05 bits per heavy atom. The minimum Gasteiger partial charge on any atom is -0.454 e. The largest absolute Gasteiger partial charge is 0.454 e. The first-order valence-electron chi connectivity index (χ1n) is 7.35. The van der Waals surface area contributed by atoms with Crippen molar-refractivity contribution in [3.05, 3.63) is 65.2 Å². The summed E-state index contributed by atoms with van der Waals surface area (Å²) in [5.74, 6) is 1.77. The van der Waals surface area contributed by atoms with Crippen molar-refractivity contribution in [1.29, 1.82) is 0 Å². The third-order valence-corrected chi connectivity index (χ3v) is 3.69. The van der Waals surface area contributed by atoms with Crippen molar-refractivity contribution in [3.63, 3.8) is 0 Å². The van der Waals surface area contributed by atoms with Crippen molar-refractivity contribution in [2.45, 2.75) is 19.8 Å². The van der Waals surface area contributed by atoms with Gasteiger partial charge in [-0.15, -0.1) is 0 Å². The molecule has 0 N–H and O–H groups in total. The summed E-state index contributed by atoms with van der Waals surface area (Å²) in [6.45, 7) is 4.53. The second-order valence-electron chi connectivity index (χ2n) is 5.59. The fourth-order valence-corrected chi connectivity index (χ4v) is 2.31. The van der Waals surface area contributed by atoms with Gasteiger partial charge in [0.25, 0.3) is 0 Å². The molecular formula is C19H18O3. The Morgan fingerprint density at radius 2 is 1.77 bits per heavy atom. The minimum absolute atomic E-state index is 0.0498. The summed E-state index contributed by atoms with van der Waals surface area (Å²) in [5.41, 5.74) is 2.90. The maximum Gasteiger partial charge on any atom is 0.231 e. The van der Waals surface area contributed by atoms with Crippen molar-refractivity contribution in [3.8, 4) is 11.5 Å². The van der Waals surface area contributed by atoms with E-state index in [0.29, 0.717) is 23.0 Å². The van der Waals surface area contributed by atoms with Gasteiger partial charge in [0.05, 0.1) is 0 Å². The molecule has 2 aromatic rings. The van der Waals surface area contributed by atoms with Crippen LogP contribution < -0.4 is 9.47 Å². The number of ketones is 1. The van der Waals surface area contributed by atoms with Crippen molar-refractivity contribution in [2.24, 2.45) is 0 Å². The van der Waals surface area contributed by atoms with Gasteiger partial charge in [-0.3, -0.25) is 4.79 Å². The third-order valence-electron chi connectivity index (χ3n) is 3.69. The molecule has 3 rings (SSSR count). The van der Waals surface area contributed by atoms with Gasteiger partial charge in [0.15, 0.2) is 17.3 Å². The van der Waals surface area contributed by atoms with Gasteiger partial charge in [0.2, 0.25) is 6.79 Å². The lowest BCUT2D eigenvalue weighted by molar-refractivity contribution is 0.104. The number of allylic oxidation sites excluding steroid dienone is 1. The third kappa shape index (κ3) is 3.03. The van der Waals surface area contributed by atoms with Gasteiger partial charge in [-0.2, -0.15) is 0 Å². The fourth-order valence-electron chi connectivity index (χ4n) is 2.31. The number of hydrogen-bond donors (Lipinski definition) is 0. The van der Waals surface area contributed by atoms with Crippen LogP contribution in [0.15, 0.2) is 48.5 Å². The van der Waals surface area contributed by atoms with Crippen LogP contribution in [0.1, 0.15) is 41.3 Å². The SMILES string of the molecule is CC(C)c1ccc(/C=C/C(=O)c2ccc3c(c2)OCO3)cc1. The molecule has 0 amide bonds. The highest BCUT2D eigenvalue weighted by Gasteiger charge is 2.14. The van der Waals surface area contributed by atoms with E-state index >= 15 is 0 Å². The van der Waals surface area contributed by atoms with E-state index in [1.165, 1.54) is 5.56 Å². The van der Waals surface area contributed by atoms with Crippen LogP contribution in [0.4, 0.5) is 0 Å². The molecule has 0 fully saturated rings. The van der Waals surface area contributed by atoms with Gasteiger partial charge >= 0.3 is 0 Å². The first-order chi connectivity index (χ1) is 10.6. The summed E-state index contributed by atoms with van der Waals surface area (Å²) in [5, 5.41) is 0. The average Bonchev–Trinajstić information content (AvgIpc) is 3.00.